The molecule has 0 saturated carbocycles. The standard InChI is InChI=1S/C19H20FN7S/c1-11-17-14(10-28-11)18(24-7-12-3-2-4-15(21)16(12)20)27-19(26-17)25-9-13-8-22-5-6-23-13/h2-6,8,11H,7,9-10,21H2,1H3,(H2,24,25,26,27). The van der Waals surface area contributed by atoms with Gasteiger partial charge in [0, 0.05) is 41.1 Å². The molecule has 0 fully saturated rings. The smallest absolute Gasteiger partial charge is 0.225 e. The van der Waals surface area contributed by atoms with Gasteiger partial charge in [0.15, 0.2) is 5.82 Å². The highest BCUT2D eigenvalue weighted by Crippen LogP contribution is 2.43. The Hall–Kier alpha value is -2.94. The largest absolute Gasteiger partial charge is 0.396 e. The molecule has 0 radical (unpaired) electrons. The van der Waals surface area contributed by atoms with Gasteiger partial charge in [0.1, 0.15) is 5.82 Å². The third kappa shape index (κ3) is 3.84. The first-order valence-corrected chi connectivity index (χ1v) is 9.94. The lowest BCUT2D eigenvalue weighted by molar-refractivity contribution is 0.617. The van der Waals surface area contributed by atoms with Gasteiger partial charge in [0.25, 0.3) is 0 Å². The van der Waals surface area contributed by atoms with Crippen molar-refractivity contribution in [2.45, 2.75) is 31.0 Å². The normalized spacial score (nSPS) is 15.3. The Morgan fingerprint density at radius 2 is 2.11 bits per heavy atom. The maximum atomic E-state index is 14.2. The number of nitrogens with one attached hydrogen (secondary N) is 2. The highest BCUT2D eigenvalue weighted by molar-refractivity contribution is 7.99. The summed E-state index contributed by atoms with van der Waals surface area (Å²) in [5.74, 6) is 1.65. The number of halogens is 1. The molecule has 1 aliphatic heterocycles. The fraction of sp³-hybridized carbons (Fsp3) is 0.263. The zero-order valence-electron chi connectivity index (χ0n) is 15.3. The van der Waals surface area contributed by atoms with Crippen LogP contribution in [0.25, 0.3) is 0 Å². The van der Waals surface area contributed by atoms with Crippen molar-refractivity contribution in [3.63, 3.8) is 0 Å². The number of nitrogens with two attached hydrogens (primary N) is 1. The van der Waals surface area contributed by atoms with Gasteiger partial charge in [-0.1, -0.05) is 12.1 Å². The molecule has 4 rings (SSSR count). The molecule has 0 bridgehead atoms. The number of fused-ring (bicyclic) bond motifs is 1. The van der Waals surface area contributed by atoms with Crippen LogP contribution in [0.2, 0.25) is 0 Å². The van der Waals surface area contributed by atoms with E-state index in [4.69, 9.17) is 5.73 Å². The summed E-state index contributed by atoms with van der Waals surface area (Å²) in [4.78, 5) is 17.6. The van der Waals surface area contributed by atoms with Crippen LogP contribution in [0, 0.1) is 5.82 Å². The van der Waals surface area contributed by atoms with E-state index in [0.717, 1.165) is 22.7 Å². The summed E-state index contributed by atoms with van der Waals surface area (Å²) < 4.78 is 14.2. The van der Waals surface area contributed by atoms with E-state index in [9.17, 15) is 4.39 Å². The van der Waals surface area contributed by atoms with E-state index in [-0.39, 0.29) is 10.9 Å². The van der Waals surface area contributed by atoms with Crippen LogP contribution in [0.3, 0.4) is 0 Å². The van der Waals surface area contributed by atoms with Crippen molar-refractivity contribution in [2.24, 2.45) is 0 Å². The van der Waals surface area contributed by atoms with E-state index < -0.39 is 5.82 Å². The summed E-state index contributed by atoms with van der Waals surface area (Å²) in [5, 5.41) is 6.74. The molecular weight excluding hydrogens is 377 g/mol. The van der Waals surface area contributed by atoms with Crippen LogP contribution >= 0.6 is 11.8 Å². The Kier molecular flexibility index (Phi) is 5.25. The molecule has 1 unspecified atom stereocenters. The van der Waals surface area contributed by atoms with Crippen molar-refractivity contribution >= 4 is 29.2 Å². The second-order valence-electron chi connectivity index (χ2n) is 6.44. The van der Waals surface area contributed by atoms with Crippen molar-refractivity contribution in [3.05, 3.63) is 65.1 Å². The van der Waals surface area contributed by atoms with E-state index in [0.29, 0.717) is 30.4 Å². The fourth-order valence-electron chi connectivity index (χ4n) is 3.00. The third-order valence-corrected chi connectivity index (χ3v) is 5.68. The summed E-state index contributed by atoms with van der Waals surface area (Å²) in [6.07, 6.45) is 4.97. The quantitative estimate of drug-likeness (QED) is 0.543. The minimum absolute atomic E-state index is 0.141. The van der Waals surface area contributed by atoms with Crippen molar-refractivity contribution in [3.8, 4) is 0 Å². The lowest BCUT2D eigenvalue weighted by Gasteiger charge is -2.14. The number of hydrogen-bond donors (Lipinski definition) is 3. The van der Waals surface area contributed by atoms with Gasteiger partial charge in [-0.15, -0.1) is 11.8 Å². The molecule has 3 aromatic rings. The van der Waals surface area contributed by atoms with Crippen molar-refractivity contribution in [1.82, 2.24) is 19.9 Å². The number of nitrogen functional groups attached to an aromatic ring is 1. The van der Waals surface area contributed by atoms with Gasteiger partial charge in [0.05, 0.1) is 29.8 Å². The Balaban J connectivity index is 1.56. The van der Waals surface area contributed by atoms with Crippen molar-refractivity contribution < 1.29 is 4.39 Å². The van der Waals surface area contributed by atoms with Gasteiger partial charge in [0.2, 0.25) is 5.95 Å². The molecule has 9 heteroatoms. The predicted molar refractivity (Wildman–Crippen MR) is 109 cm³/mol. The Labute approximate surface area is 166 Å². The average molecular weight is 397 g/mol. The second-order valence-corrected chi connectivity index (χ2v) is 7.77. The molecule has 7 nitrogen and oxygen atoms in total. The Morgan fingerprint density at radius 1 is 1.21 bits per heavy atom. The molecule has 1 aliphatic rings. The maximum absolute atomic E-state index is 14.2. The van der Waals surface area contributed by atoms with E-state index in [2.05, 4.69) is 37.5 Å². The number of anilines is 3. The van der Waals surface area contributed by atoms with E-state index >= 15 is 0 Å². The zero-order chi connectivity index (χ0) is 19.5. The van der Waals surface area contributed by atoms with Gasteiger partial charge >= 0.3 is 0 Å². The summed E-state index contributed by atoms with van der Waals surface area (Å²) in [7, 11) is 0. The minimum Gasteiger partial charge on any atom is -0.396 e. The molecule has 0 saturated heterocycles. The molecule has 4 N–H and O–H groups in total. The van der Waals surface area contributed by atoms with Crippen LogP contribution in [-0.2, 0) is 18.8 Å². The van der Waals surface area contributed by atoms with Crippen LogP contribution in [0.4, 0.5) is 21.8 Å². The molecule has 0 spiro atoms. The summed E-state index contributed by atoms with van der Waals surface area (Å²) in [5.41, 5.74) is 9.16. The first-order valence-electron chi connectivity index (χ1n) is 8.89. The number of benzene rings is 1. The van der Waals surface area contributed by atoms with Gasteiger partial charge in [-0.25, -0.2) is 9.37 Å². The SMILES string of the molecule is CC1SCc2c(NCc3cccc(N)c3F)nc(NCc3cnccn3)nc21. The maximum Gasteiger partial charge on any atom is 0.225 e. The third-order valence-electron chi connectivity index (χ3n) is 4.50. The molecule has 3 heterocycles. The van der Waals surface area contributed by atoms with Crippen LogP contribution in [-0.4, -0.2) is 19.9 Å². The molecule has 2 aromatic heterocycles. The number of aromatic nitrogens is 4. The number of rotatable bonds is 6. The second kappa shape index (κ2) is 7.97. The molecule has 1 aromatic carbocycles. The van der Waals surface area contributed by atoms with Crippen LogP contribution in [0.5, 0.6) is 0 Å². The van der Waals surface area contributed by atoms with E-state index in [1.54, 1.807) is 48.6 Å². The first kappa shape index (κ1) is 18.4. The predicted octanol–water partition coefficient (Wildman–Crippen LogP) is 3.52. The highest BCUT2D eigenvalue weighted by atomic mass is 32.2. The number of nitrogens with zero attached hydrogens (tertiary/aromatic N) is 4. The molecule has 1 atom stereocenters. The monoisotopic (exact) mass is 397 g/mol. The van der Waals surface area contributed by atoms with Crippen LogP contribution < -0.4 is 16.4 Å². The Bertz CT molecular complexity index is 984. The highest BCUT2D eigenvalue weighted by Gasteiger charge is 2.26. The average Bonchev–Trinajstić information content (AvgIpc) is 3.09. The molecular formula is C19H20FN7S. The first-order chi connectivity index (χ1) is 13.6. The molecule has 144 valence electrons. The minimum atomic E-state index is -0.399. The van der Waals surface area contributed by atoms with E-state index in [1.165, 1.54) is 0 Å². The van der Waals surface area contributed by atoms with Gasteiger partial charge in [-0.05, 0) is 13.0 Å². The number of thioether (sulfide) groups is 1. The lowest BCUT2D eigenvalue weighted by Crippen LogP contribution is -2.12. The van der Waals surface area contributed by atoms with Crippen molar-refractivity contribution in [2.75, 3.05) is 16.4 Å². The number of hydrogen-bond acceptors (Lipinski definition) is 8. The summed E-state index contributed by atoms with van der Waals surface area (Å²) in [6.45, 7) is 2.89. The molecule has 0 aliphatic carbocycles. The lowest BCUT2D eigenvalue weighted by atomic mass is 10.1. The molecule has 0 amide bonds. The summed E-state index contributed by atoms with van der Waals surface area (Å²) in [6, 6.07) is 5.00. The van der Waals surface area contributed by atoms with Gasteiger partial charge in [-0.2, -0.15) is 4.98 Å². The van der Waals surface area contributed by atoms with Crippen LogP contribution in [0.15, 0.2) is 36.8 Å². The van der Waals surface area contributed by atoms with Crippen LogP contribution in [0.1, 0.15) is 34.7 Å². The van der Waals surface area contributed by atoms with Crippen molar-refractivity contribution in [1.29, 1.82) is 0 Å². The Morgan fingerprint density at radius 3 is 2.93 bits per heavy atom. The van der Waals surface area contributed by atoms with Gasteiger partial charge < -0.3 is 16.4 Å². The summed E-state index contributed by atoms with van der Waals surface area (Å²) >= 11 is 1.80. The van der Waals surface area contributed by atoms with Gasteiger partial charge in [-0.3, -0.25) is 9.97 Å². The fourth-order valence-corrected chi connectivity index (χ4v) is 4.05. The zero-order valence-corrected chi connectivity index (χ0v) is 16.1. The molecule has 28 heavy (non-hydrogen) atoms. The van der Waals surface area contributed by atoms with E-state index in [1.807, 2.05) is 0 Å². The topological polar surface area (TPSA) is 102 Å².